The number of piperazine rings is 1. The Labute approximate surface area is 151 Å². The van der Waals surface area contributed by atoms with E-state index in [1.165, 1.54) is 14.6 Å². The van der Waals surface area contributed by atoms with Crippen LogP contribution in [0.2, 0.25) is 0 Å². The van der Waals surface area contributed by atoms with E-state index in [1.54, 1.807) is 18.3 Å². The van der Waals surface area contributed by atoms with Crippen LogP contribution in [0.4, 0.5) is 0 Å². The maximum atomic E-state index is 12.6. The molecule has 2 aromatic heterocycles. The number of carbonyl (C=O) groups excluding carboxylic acids is 1. The zero-order valence-electron chi connectivity index (χ0n) is 14.5. The van der Waals surface area contributed by atoms with E-state index in [-0.39, 0.29) is 18.1 Å². The van der Waals surface area contributed by atoms with E-state index in [0.29, 0.717) is 18.7 Å². The molecular weight excluding hydrogens is 330 g/mol. The second-order valence-corrected chi connectivity index (χ2v) is 6.51. The molecule has 0 spiro atoms. The van der Waals surface area contributed by atoms with Gasteiger partial charge in [0.05, 0.1) is 0 Å². The van der Waals surface area contributed by atoms with E-state index in [2.05, 4.69) is 22.1 Å². The second kappa shape index (κ2) is 7.13. The van der Waals surface area contributed by atoms with Crippen LogP contribution in [-0.2, 0) is 17.9 Å². The quantitative estimate of drug-likeness (QED) is 0.699. The molecule has 1 aromatic carbocycles. The Morgan fingerprint density at radius 3 is 2.42 bits per heavy atom. The van der Waals surface area contributed by atoms with Crippen molar-refractivity contribution in [2.75, 3.05) is 26.2 Å². The van der Waals surface area contributed by atoms with Crippen LogP contribution in [0.1, 0.15) is 5.56 Å². The molecule has 1 amide bonds. The first kappa shape index (κ1) is 16.5. The SMILES string of the molecule is O=C(Cn1nc2ccccn2c1=O)N1CCN(Cc2ccccc2)CC1. The molecule has 0 N–H and O–H groups in total. The minimum absolute atomic E-state index is 0.0147. The van der Waals surface area contributed by atoms with Crippen molar-refractivity contribution in [3.63, 3.8) is 0 Å². The van der Waals surface area contributed by atoms with Crippen LogP contribution in [0.3, 0.4) is 0 Å². The maximum Gasteiger partial charge on any atom is 0.350 e. The van der Waals surface area contributed by atoms with E-state index in [9.17, 15) is 9.59 Å². The van der Waals surface area contributed by atoms with Crippen LogP contribution in [0.25, 0.3) is 5.65 Å². The molecule has 1 saturated heterocycles. The van der Waals surface area contributed by atoms with Crippen molar-refractivity contribution in [2.24, 2.45) is 0 Å². The van der Waals surface area contributed by atoms with Gasteiger partial charge in [-0.25, -0.2) is 9.48 Å². The lowest BCUT2D eigenvalue weighted by atomic mass is 10.2. The number of amides is 1. The zero-order chi connectivity index (χ0) is 17.9. The fraction of sp³-hybridized carbons (Fsp3) is 0.316. The van der Waals surface area contributed by atoms with E-state index in [1.807, 2.05) is 29.2 Å². The molecule has 0 bridgehead atoms. The molecule has 1 aliphatic rings. The largest absolute Gasteiger partial charge is 0.350 e. The lowest BCUT2D eigenvalue weighted by molar-refractivity contribution is -0.133. The molecule has 7 heteroatoms. The molecule has 7 nitrogen and oxygen atoms in total. The van der Waals surface area contributed by atoms with Crippen molar-refractivity contribution in [3.05, 3.63) is 70.8 Å². The van der Waals surface area contributed by atoms with Gasteiger partial charge in [-0.2, -0.15) is 0 Å². The summed E-state index contributed by atoms with van der Waals surface area (Å²) in [7, 11) is 0. The highest BCUT2D eigenvalue weighted by Crippen LogP contribution is 2.09. The second-order valence-electron chi connectivity index (χ2n) is 6.51. The zero-order valence-corrected chi connectivity index (χ0v) is 14.5. The van der Waals surface area contributed by atoms with E-state index >= 15 is 0 Å². The van der Waals surface area contributed by atoms with Crippen LogP contribution < -0.4 is 5.69 Å². The highest BCUT2D eigenvalue weighted by Gasteiger charge is 2.22. The maximum absolute atomic E-state index is 12.6. The van der Waals surface area contributed by atoms with Gasteiger partial charge >= 0.3 is 5.69 Å². The molecule has 134 valence electrons. The first-order valence-corrected chi connectivity index (χ1v) is 8.79. The van der Waals surface area contributed by atoms with Crippen LogP contribution in [0, 0.1) is 0 Å². The summed E-state index contributed by atoms with van der Waals surface area (Å²) in [6, 6.07) is 15.7. The van der Waals surface area contributed by atoms with Crippen LogP contribution in [0.15, 0.2) is 59.5 Å². The van der Waals surface area contributed by atoms with Gasteiger partial charge in [0.25, 0.3) is 0 Å². The third kappa shape index (κ3) is 3.39. The highest BCUT2D eigenvalue weighted by molar-refractivity contribution is 5.76. The molecule has 1 fully saturated rings. The van der Waals surface area contributed by atoms with Crippen LogP contribution in [0.5, 0.6) is 0 Å². The van der Waals surface area contributed by atoms with E-state index in [0.717, 1.165) is 19.6 Å². The Morgan fingerprint density at radius 2 is 1.69 bits per heavy atom. The Bertz CT molecular complexity index is 955. The smallest absolute Gasteiger partial charge is 0.339 e. The Morgan fingerprint density at radius 1 is 0.962 bits per heavy atom. The van der Waals surface area contributed by atoms with E-state index in [4.69, 9.17) is 0 Å². The average molecular weight is 351 g/mol. The normalized spacial score (nSPS) is 15.5. The molecule has 26 heavy (non-hydrogen) atoms. The summed E-state index contributed by atoms with van der Waals surface area (Å²) in [6.45, 7) is 3.90. The number of carbonyl (C=O) groups is 1. The number of pyridine rings is 1. The molecule has 0 atom stereocenters. The van der Waals surface area contributed by atoms with Gasteiger partial charge in [0.1, 0.15) is 6.54 Å². The summed E-state index contributed by atoms with van der Waals surface area (Å²) < 4.78 is 2.69. The minimum Gasteiger partial charge on any atom is -0.339 e. The number of rotatable bonds is 4. The fourth-order valence-corrected chi connectivity index (χ4v) is 3.30. The number of hydrogen-bond acceptors (Lipinski definition) is 4. The third-order valence-corrected chi connectivity index (χ3v) is 4.75. The molecule has 0 radical (unpaired) electrons. The molecule has 1 aliphatic heterocycles. The van der Waals surface area contributed by atoms with Gasteiger partial charge in [-0.1, -0.05) is 36.4 Å². The number of benzene rings is 1. The average Bonchev–Trinajstić information content (AvgIpc) is 2.99. The molecule has 0 saturated carbocycles. The van der Waals surface area contributed by atoms with Crippen molar-refractivity contribution in [2.45, 2.75) is 13.1 Å². The van der Waals surface area contributed by atoms with Crippen molar-refractivity contribution in [3.8, 4) is 0 Å². The monoisotopic (exact) mass is 351 g/mol. The molecule has 0 aliphatic carbocycles. The molecule has 4 rings (SSSR count). The van der Waals surface area contributed by atoms with Gasteiger partial charge in [-0.3, -0.25) is 14.1 Å². The summed E-state index contributed by atoms with van der Waals surface area (Å²) in [6.07, 6.45) is 1.66. The first-order valence-electron chi connectivity index (χ1n) is 8.79. The fourth-order valence-electron chi connectivity index (χ4n) is 3.30. The summed E-state index contributed by atoms with van der Waals surface area (Å²) in [5.74, 6) is -0.0603. The van der Waals surface area contributed by atoms with Crippen molar-refractivity contribution in [1.82, 2.24) is 24.0 Å². The van der Waals surface area contributed by atoms with Gasteiger partial charge in [-0.15, -0.1) is 5.10 Å². The first-order chi connectivity index (χ1) is 12.7. The Balaban J connectivity index is 1.36. The predicted molar refractivity (Wildman–Crippen MR) is 97.8 cm³/mol. The number of nitrogens with zero attached hydrogens (tertiary/aromatic N) is 5. The molecular formula is C19H21N5O2. The Kier molecular flexibility index (Phi) is 4.53. The number of fused-ring (bicyclic) bond motifs is 1. The third-order valence-electron chi connectivity index (χ3n) is 4.75. The standard InChI is InChI=1S/C19H21N5O2/c25-18(15-24-19(26)23-9-5-4-8-17(23)20-24)22-12-10-21(11-13-22)14-16-6-2-1-3-7-16/h1-9H,10-15H2. The summed E-state index contributed by atoms with van der Waals surface area (Å²) in [4.78, 5) is 29.0. The van der Waals surface area contributed by atoms with E-state index < -0.39 is 0 Å². The lowest BCUT2D eigenvalue weighted by Crippen LogP contribution is -2.49. The Hall–Kier alpha value is -2.93. The van der Waals surface area contributed by atoms with Crippen LogP contribution in [-0.4, -0.2) is 56.1 Å². The van der Waals surface area contributed by atoms with Crippen molar-refractivity contribution < 1.29 is 4.79 Å². The van der Waals surface area contributed by atoms with Gasteiger partial charge < -0.3 is 4.90 Å². The number of aromatic nitrogens is 3. The van der Waals surface area contributed by atoms with Gasteiger partial charge in [0, 0.05) is 38.9 Å². The topological polar surface area (TPSA) is 62.9 Å². The summed E-state index contributed by atoms with van der Waals surface area (Å²) >= 11 is 0. The highest BCUT2D eigenvalue weighted by atomic mass is 16.2. The minimum atomic E-state index is -0.281. The van der Waals surface area contributed by atoms with Gasteiger partial charge in [-0.05, 0) is 17.7 Å². The molecule has 0 unspecified atom stereocenters. The number of hydrogen-bond donors (Lipinski definition) is 0. The predicted octanol–water partition coefficient (Wildman–Crippen LogP) is 0.840. The van der Waals surface area contributed by atoms with Crippen LogP contribution >= 0.6 is 0 Å². The van der Waals surface area contributed by atoms with Crippen molar-refractivity contribution >= 4 is 11.6 Å². The van der Waals surface area contributed by atoms with Gasteiger partial charge in [0.2, 0.25) is 5.91 Å². The molecule has 3 heterocycles. The molecule has 3 aromatic rings. The summed E-state index contributed by atoms with van der Waals surface area (Å²) in [5, 5.41) is 4.23. The summed E-state index contributed by atoms with van der Waals surface area (Å²) in [5.41, 5.74) is 1.55. The van der Waals surface area contributed by atoms with Gasteiger partial charge in [0.15, 0.2) is 5.65 Å². The van der Waals surface area contributed by atoms with Crippen molar-refractivity contribution in [1.29, 1.82) is 0 Å². The lowest BCUT2D eigenvalue weighted by Gasteiger charge is -2.34.